The van der Waals surface area contributed by atoms with E-state index in [4.69, 9.17) is 22.3 Å². The summed E-state index contributed by atoms with van der Waals surface area (Å²) in [6, 6.07) is 9.03. The molecule has 44 heavy (non-hydrogen) atoms. The van der Waals surface area contributed by atoms with Crippen molar-refractivity contribution < 1.29 is 22.8 Å². The smallest absolute Gasteiger partial charge is 0.382 e. The molecule has 11 nitrogen and oxygen atoms in total. The van der Waals surface area contributed by atoms with Crippen molar-refractivity contribution in [1.82, 2.24) is 34.2 Å². The van der Waals surface area contributed by atoms with Crippen LogP contribution in [0.5, 0.6) is 0 Å². The van der Waals surface area contributed by atoms with Crippen molar-refractivity contribution in [3.63, 3.8) is 0 Å². The molecule has 0 bridgehead atoms. The fourth-order valence-corrected chi connectivity index (χ4v) is 5.36. The van der Waals surface area contributed by atoms with Gasteiger partial charge in [-0.05, 0) is 61.2 Å². The van der Waals surface area contributed by atoms with E-state index in [1.165, 1.54) is 24.4 Å². The first-order valence-electron chi connectivity index (χ1n) is 13.5. The third-order valence-electron chi connectivity index (χ3n) is 7.27. The molecule has 1 aliphatic rings. The van der Waals surface area contributed by atoms with Crippen LogP contribution in [0.3, 0.4) is 0 Å². The molecule has 5 aromatic rings. The van der Waals surface area contributed by atoms with Crippen molar-refractivity contribution in [1.29, 1.82) is 0 Å². The minimum absolute atomic E-state index is 0.0278. The van der Waals surface area contributed by atoms with Crippen LogP contribution in [-0.4, -0.2) is 52.6 Å². The Balaban J connectivity index is 1.32. The number of likely N-dealkylation sites (tertiary alicyclic amines) is 1. The monoisotopic (exact) mass is 621 g/mol. The van der Waals surface area contributed by atoms with Crippen LogP contribution in [0.15, 0.2) is 67.3 Å². The molecule has 1 aliphatic heterocycles. The molecule has 0 spiro atoms. The number of anilines is 2. The Morgan fingerprint density at radius 3 is 2.50 bits per heavy atom. The number of hydrogen-bond acceptors (Lipinski definition) is 8. The molecule has 1 atom stereocenters. The number of nitrogens with two attached hydrogens (primary N) is 1. The molecule has 2 amide bonds. The molecule has 0 aliphatic carbocycles. The van der Waals surface area contributed by atoms with Crippen LogP contribution in [0.25, 0.3) is 16.8 Å². The summed E-state index contributed by atoms with van der Waals surface area (Å²) in [6.07, 6.45) is 3.43. The maximum Gasteiger partial charge on any atom is 0.416 e. The Kier molecular flexibility index (Phi) is 7.59. The van der Waals surface area contributed by atoms with Crippen LogP contribution in [0.4, 0.5) is 24.8 Å². The van der Waals surface area contributed by atoms with Crippen LogP contribution >= 0.6 is 11.6 Å². The van der Waals surface area contributed by atoms with Crippen molar-refractivity contribution >= 4 is 40.6 Å². The van der Waals surface area contributed by atoms with E-state index in [9.17, 15) is 22.8 Å². The van der Waals surface area contributed by atoms with Crippen LogP contribution in [0, 0.1) is 0 Å². The Morgan fingerprint density at radius 2 is 1.75 bits per heavy atom. The Hall–Kier alpha value is -5.11. The SMILES string of the molecule is Nc1nccn2c([C@@H]3CCCCN3C(=O)c3ccnc(Cl)n3)nc(-c3ccc(C(=O)Nc4cc(C(F)(F)F)ccn4)cc3)c12. The quantitative estimate of drug-likeness (QED) is 0.246. The predicted octanol–water partition coefficient (Wildman–Crippen LogP) is 5.46. The number of hydrogen-bond donors (Lipinski definition) is 2. The molecule has 4 aromatic heterocycles. The molecule has 1 fully saturated rings. The summed E-state index contributed by atoms with van der Waals surface area (Å²) >= 11 is 5.94. The summed E-state index contributed by atoms with van der Waals surface area (Å²) < 4.78 is 41.0. The predicted molar refractivity (Wildman–Crippen MR) is 155 cm³/mol. The van der Waals surface area contributed by atoms with Gasteiger partial charge in [-0.25, -0.2) is 24.9 Å². The number of rotatable bonds is 5. The number of nitrogens with zero attached hydrogens (tertiary/aromatic N) is 7. The van der Waals surface area contributed by atoms with Gasteiger partial charge in [0, 0.05) is 42.5 Å². The van der Waals surface area contributed by atoms with Gasteiger partial charge in [0.25, 0.3) is 11.8 Å². The molecule has 0 saturated carbocycles. The Bertz CT molecular complexity index is 1880. The molecule has 1 aromatic carbocycles. The Morgan fingerprint density at radius 1 is 0.977 bits per heavy atom. The largest absolute Gasteiger partial charge is 0.416 e. The molecule has 3 N–H and O–H groups in total. The number of nitrogens with one attached hydrogen (secondary N) is 1. The molecular formula is C29H23ClF3N9O2. The van der Waals surface area contributed by atoms with Gasteiger partial charge >= 0.3 is 6.18 Å². The van der Waals surface area contributed by atoms with Crippen LogP contribution < -0.4 is 11.1 Å². The van der Waals surface area contributed by atoms with Gasteiger partial charge in [-0.3, -0.25) is 14.0 Å². The van der Waals surface area contributed by atoms with Crippen LogP contribution in [0.2, 0.25) is 5.28 Å². The van der Waals surface area contributed by atoms with Gasteiger partial charge < -0.3 is 16.0 Å². The molecule has 5 heterocycles. The molecule has 6 rings (SSSR count). The van der Waals surface area contributed by atoms with Gasteiger partial charge in [0.15, 0.2) is 0 Å². The van der Waals surface area contributed by atoms with E-state index in [2.05, 4.69) is 25.3 Å². The number of carbonyl (C=O) groups excluding carboxylic acids is 2. The fourth-order valence-electron chi connectivity index (χ4n) is 5.21. The van der Waals surface area contributed by atoms with E-state index in [0.29, 0.717) is 35.6 Å². The number of halogens is 4. The highest BCUT2D eigenvalue weighted by Gasteiger charge is 2.34. The van der Waals surface area contributed by atoms with Crippen molar-refractivity contribution in [2.75, 3.05) is 17.6 Å². The average molecular weight is 622 g/mol. The standard InChI is InChI=1S/C29H23ClF3N9O2/c30-28-37-11-9-19(38-28)27(44)41-13-2-1-3-20(41)25-40-22(23-24(34)36-12-14-42(23)25)16-4-6-17(7-5-16)26(43)39-21-15-18(8-10-35-21)29(31,32)33/h4-12,14-15,20H,1-3,13H2,(H2,34,36)(H,35,39,43)/t20-/m0/s1. The normalized spacial score (nSPS) is 15.4. The highest BCUT2D eigenvalue weighted by molar-refractivity contribution is 6.28. The van der Waals surface area contributed by atoms with Crippen LogP contribution in [0.1, 0.15) is 57.5 Å². The molecule has 15 heteroatoms. The van der Waals surface area contributed by atoms with Gasteiger partial charge in [0.05, 0.1) is 11.6 Å². The maximum absolute atomic E-state index is 13.5. The zero-order valence-electron chi connectivity index (χ0n) is 22.8. The van der Waals surface area contributed by atoms with E-state index in [-0.39, 0.29) is 34.1 Å². The highest BCUT2D eigenvalue weighted by Crippen LogP contribution is 2.36. The van der Waals surface area contributed by atoms with E-state index in [1.807, 2.05) is 0 Å². The number of amides is 2. The van der Waals surface area contributed by atoms with E-state index < -0.39 is 23.7 Å². The first-order valence-corrected chi connectivity index (χ1v) is 13.8. The lowest BCUT2D eigenvalue weighted by Gasteiger charge is -2.34. The second kappa shape index (κ2) is 11.5. The third kappa shape index (κ3) is 5.63. The second-order valence-electron chi connectivity index (χ2n) is 10.0. The molecular weight excluding hydrogens is 599 g/mol. The van der Waals surface area contributed by atoms with Gasteiger partial charge in [0.2, 0.25) is 5.28 Å². The minimum atomic E-state index is -4.57. The van der Waals surface area contributed by atoms with E-state index >= 15 is 0 Å². The van der Waals surface area contributed by atoms with Gasteiger partial charge in [-0.1, -0.05) is 12.1 Å². The summed E-state index contributed by atoms with van der Waals surface area (Å²) in [5.41, 5.74) is 7.37. The van der Waals surface area contributed by atoms with Gasteiger partial charge in [-0.15, -0.1) is 0 Å². The topological polar surface area (TPSA) is 144 Å². The van der Waals surface area contributed by atoms with E-state index in [1.54, 1.807) is 33.8 Å². The first kappa shape index (κ1) is 29.0. The lowest BCUT2D eigenvalue weighted by molar-refractivity contribution is -0.137. The summed E-state index contributed by atoms with van der Waals surface area (Å²) in [5.74, 6) is -0.371. The zero-order chi connectivity index (χ0) is 31.0. The van der Waals surface area contributed by atoms with Crippen LogP contribution in [-0.2, 0) is 6.18 Å². The molecule has 0 unspecified atom stereocenters. The number of carbonyl (C=O) groups is 2. The van der Waals surface area contributed by atoms with Crippen molar-refractivity contribution in [2.24, 2.45) is 0 Å². The minimum Gasteiger partial charge on any atom is -0.382 e. The number of alkyl halides is 3. The summed E-state index contributed by atoms with van der Waals surface area (Å²) in [5, 5.41) is 2.37. The van der Waals surface area contributed by atoms with E-state index in [0.717, 1.165) is 31.2 Å². The number of imidazole rings is 1. The zero-order valence-corrected chi connectivity index (χ0v) is 23.5. The third-order valence-corrected chi connectivity index (χ3v) is 7.45. The second-order valence-corrected chi connectivity index (χ2v) is 10.4. The molecule has 0 radical (unpaired) electrons. The summed E-state index contributed by atoms with van der Waals surface area (Å²) in [6.45, 7) is 0.487. The number of nitrogen functional groups attached to an aromatic ring is 1. The van der Waals surface area contributed by atoms with Gasteiger partial charge in [-0.2, -0.15) is 13.2 Å². The Labute approximate surface area is 253 Å². The molecule has 1 saturated heterocycles. The number of benzene rings is 1. The molecule has 224 valence electrons. The summed E-state index contributed by atoms with van der Waals surface area (Å²) in [7, 11) is 0. The number of fused-ring (bicyclic) bond motifs is 1. The van der Waals surface area contributed by atoms with Gasteiger partial charge in [0.1, 0.15) is 34.4 Å². The number of piperidine rings is 1. The van der Waals surface area contributed by atoms with Crippen molar-refractivity contribution in [3.05, 3.63) is 95.2 Å². The van der Waals surface area contributed by atoms with Crippen molar-refractivity contribution in [3.8, 4) is 11.3 Å². The number of pyridine rings is 1. The lowest BCUT2D eigenvalue weighted by Crippen LogP contribution is -2.39. The van der Waals surface area contributed by atoms with Crippen molar-refractivity contribution in [2.45, 2.75) is 31.5 Å². The highest BCUT2D eigenvalue weighted by atomic mass is 35.5. The lowest BCUT2D eigenvalue weighted by atomic mass is 10.0. The average Bonchev–Trinajstić information content (AvgIpc) is 3.41. The number of aromatic nitrogens is 6. The first-order chi connectivity index (χ1) is 21.1. The fraction of sp³-hybridized carbons (Fsp3) is 0.207. The summed E-state index contributed by atoms with van der Waals surface area (Å²) in [4.78, 5) is 49.0. The maximum atomic E-state index is 13.5.